The third-order valence-electron chi connectivity index (χ3n) is 4.95. The van der Waals surface area contributed by atoms with Crippen LogP contribution in [0, 0.1) is 12.7 Å². The molecule has 0 aromatic heterocycles. The summed E-state index contributed by atoms with van der Waals surface area (Å²) in [6.07, 6.45) is 0.769. The smallest absolute Gasteiger partial charge is 0.262 e. The van der Waals surface area contributed by atoms with E-state index in [1.165, 1.54) is 30.3 Å². The maximum absolute atomic E-state index is 13.1. The van der Waals surface area contributed by atoms with Crippen molar-refractivity contribution in [1.29, 1.82) is 0 Å². The molecule has 0 bridgehead atoms. The molecule has 1 aliphatic rings. The first-order valence-corrected chi connectivity index (χ1v) is 10.6. The maximum atomic E-state index is 13.1. The average Bonchev–Trinajstić information content (AvgIpc) is 3.13. The summed E-state index contributed by atoms with van der Waals surface area (Å²) in [4.78, 5) is 14.7. The molecule has 0 atom stereocenters. The molecule has 0 unspecified atom stereocenters. The number of hydrogen-bond donors (Lipinski definition) is 1. The van der Waals surface area contributed by atoms with Gasteiger partial charge in [-0.15, -0.1) is 0 Å². The highest BCUT2D eigenvalue weighted by molar-refractivity contribution is 7.92. The van der Waals surface area contributed by atoms with Crippen LogP contribution in [0.15, 0.2) is 71.6 Å². The van der Waals surface area contributed by atoms with Crippen molar-refractivity contribution in [2.45, 2.75) is 18.2 Å². The average molecular weight is 410 g/mol. The number of benzene rings is 3. The number of rotatable bonds is 4. The molecule has 7 heteroatoms. The minimum Gasteiger partial charge on any atom is -0.308 e. The van der Waals surface area contributed by atoms with E-state index in [1.54, 1.807) is 24.0 Å². The summed E-state index contributed by atoms with van der Waals surface area (Å²) in [6.45, 7) is 2.22. The Labute approximate surface area is 168 Å². The van der Waals surface area contributed by atoms with Crippen molar-refractivity contribution in [3.63, 3.8) is 0 Å². The zero-order chi connectivity index (χ0) is 20.6. The van der Waals surface area contributed by atoms with E-state index in [2.05, 4.69) is 4.72 Å². The van der Waals surface area contributed by atoms with Gasteiger partial charge < -0.3 is 4.90 Å². The summed E-state index contributed by atoms with van der Waals surface area (Å²) in [6, 6.07) is 17.4. The number of carbonyl (C=O) groups is 1. The summed E-state index contributed by atoms with van der Waals surface area (Å²) < 4.78 is 41.3. The molecule has 29 heavy (non-hydrogen) atoms. The summed E-state index contributed by atoms with van der Waals surface area (Å²) in [5, 5.41) is 0. The molecule has 0 spiro atoms. The molecule has 1 N–H and O–H groups in total. The van der Waals surface area contributed by atoms with E-state index >= 15 is 0 Å². The topological polar surface area (TPSA) is 66.5 Å². The van der Waals surface area contributed by atoms with Crippen LogP contribution in [0.5, 0.6) is 0 Å². The normalized spacial score (nSPS) is 13.2. The van der Waals surface area contributed by atoms with Crippen LogP contribution in [0.4, 0.5) is 15.8 Å². The molecular formula is C22H19FN2O3S. The number of aryl methyl sites for hydroxylation is 1. The molecule has 3 aromatic rings. The van der Waals surface area contributed by atoms with Crippen molar-refractivity contribution in [2.24, 2.45) is 0 Å². The van der Waals surface area contributed by atoms with Gasteiger partial charge in [0.05, 0.1) is 4.90 Å². The molecule has 4 rings (SSSR count). The number of carbonyl (C=O) groups excluding carboxylic acids is 1. The molecule has 1 aliphatic heterocycles. The first-order valence-electron chi connectivity index (χ1n) is 9.14. The summed E-state index contributed by atoms with van der Waals surface area (Å²) in [5.74, 6) is -0.698. The number of sulfonamides is 1. The first kappa shape index (κ1) is 19.1. The van der Waals surface area contributed by atoms with Crippen molar-refractivity contribution in [3.8, 4) is 0 Å². The largest absolute Gasteiger partial charge is 0.308 e. The number of para-hydroxylation sites is 1. The summed E-state index contributed by atoms with van der Waals surface area (Å²) in [7, 11) is -3.94. The molecule has 1 amide bonds. The van der Waals surface area contributed by atoms with Gasteiger partial charge in [0.2, 0.25) is 0 Å². The highest BCUT2D eigenvalue weighted by Gasteiger charge is 2.27. The van der Waals surface area contributed by atoms with Crippen molar-refractivity contribution in [2.75, 3.05) is 16.2 Å². The van der Waals surface area contributed by atoms with Gasteiger partial charge in [-0.25, -0.2) is 12.8 Å². The van der Waals surface area contributed by atoms with Crippen LogP contribution in [-0.4, -0.2) is 20.9 Å². The molecule has 0 saturated carbocycles. The van der Waals surface area contributed by atoms with E-state index in [9.17, 15) is 17.6 Å². The minimum atomic E-state index is -3.94. The molecule has 0 saturated heterocycles. The minimum absolute atomic E-state index is 0.0140. The number of nitrogens with zero attached hydrogens (tertiary/aromatic N) is 1. The second-order valence-electron chi connectivity index (χ2n) is 6.93. The van der Waals surface area contributed by atoms with E-state index in [0.29, 0.717) is 17.7 Å². The Bertz CT molecular complexity index is 1190. The molecule has 0 radical (unpaired) electrons. The van der Waals surface area contributed by atoms with Crippen molar-refractivity contribution in [3.05, 3.63) is 89.2 Å². The number of nitrogens with one attached hydrogen (secondary N) is 1. The van der Waals surface area contributed by atoms with E-state index in [-0.39, 0.29) is 16.5 Å². The Morgan fingerprint density at radius 1 is 1.03 bits per heavy atom. The number of amides is 1. The predicted molar refractivity (Wildman–Crippen MR) is 110 cm³/mol. The summed E-state index contributed by atoms with van der Waals surface area (Å²) >= 11 is 0. The lowest BCUT2D eigenvalue weighted by atomic mass is 10.1. The Balaban J connectivity index is 1.66. The Hall–Kier alpha value is -3.19. The molecule has 1 heterocycles. The van der Waals surface area contributed by atoms with Gasteiger partial charge in [-0.1, -0.05) is 24.3 Å². The van der Waals surface area contributed by atoms with Gasteiger partial charge in [-0.05, 0) is 66.9 Å². The summed E-state index contributed by atoms with van der Waals surface area (Å²) in [5.41, 5.74) is 3.01. The van der Waals surface area contributed by atoms with Crippen LogP contribution >= 0.6 is 0 Å². The first-order chi connectivity index (χ1) is 13.8. The van der Waals surface area contributed by atoms with Crippen LogP contribution in [0.1, 0.15) is 21.5 Å². The Kier molecular flexibility index (Phi) is 4.84. The fourth-order valence-corrected chi connectivity index (χ4v) is 4.79. The Morgan fingerprint density at radius 2 is 1.76 bits per heavy atom. The fourth-order valence-electron chi connectivity index (χ4n) is 3.46. The van der Waals surface area contributed by atoms with Crippen molar-refractivity contribution >= 4 is 27.3 Å². The number of hydrogen-bond acceptors (Lipinski definition) is 3. The molecular weight excluding hydrogens is 391 g/mol. The maximum Gasteiger partial charge on any atom is 0.262 e. The second-order valence-corrected chi connectivity index (χ2v) is 8.58. The van der Waals surface area contributed by atoms with Gasteiger partial charge in [0, 0.05) is 23.5 Å². The molecule has 0 fully saturated rings. The third kappa shape index (κ3) is 3.73. The monoisotopic (exact) mass is 410 g/mol. The predicted octanol–water partition coefficient (Wildman–Crippen LogP) is 4.14. The number of fused-ring (bicyclic) bond motifs is 1. The lowest BCUT2D eigenvalue weighted by Gasteiger charge is -2.18. The van der Waals surface area contributed by atoms with E-state index in [4.69, 9.17) is 0 Å². The standard InChI is InChI=1S/C22H19FN2O3S/c1-15-6-7-17(22(26)25-13-12-16-4-2-3-5-20(16)25)14-21(15)29(27,28)24-19-10-8-18(23)9-11-19/h2-11,14,24H,12-13H2,1H3. The molecule has 0 aliphatic carbocycles. The molecule has 3 aromatic carbocycles. The Morgan fingerprint density at radius 3 is 2.52 bits per heavy atom. The van der Waals surface area contributed by atoms with E-state index in [1.807, 2.05) is 24.3 Å². The number of halogens is 1. The van der Waals surface area contributed by atoms with Crippen LogP contribution in [0.2, 0.25) is 0 Å². The van der Waals surface area contributed by atoms with Gasteiger partial charge in [0.15, 0.2) is 0 Å². The van der Waals surface area contributed by atoms with Crippen LogP contribution in [-0.2, 0) is 16.4 Å². The second kappa shape index (κ2) is 7.33. The van der Waals surface area contributed by atoms with E-state index < -0.39 is 15.8 Å². The van der Waals surface area contributed by atoms with Crippen LogP contribution in [0.25, 0.3) is 0 Å². The number of anilines is 2. The molecule has 5 nitrogen and oxygen atoms in total. The van der Waals surface area contributed by atoms with Gasteiger partial charge in [0.1, 0.15) is 5.82 Å². The lowest BCUT2D eigenvalue weighted by Crippen LogP contribution is -2.29. The highest BCUT2D eigenvalue weighted by Crippen LogP contribution is 2.30. The zero-order valence-corrected chi connectivity index (χ0v) is 16.5. The van der Waals surface area contributed by atoms with Gasteiger partial charge in [0.25, 0.3) is 15.9 Å². The highest BCUT2D eigenvalue weighted by atomic mass is 32.2. The van der Waals surface area contributed by atoms with Gasteiger partial charge in [-0.2, -0.15) is 0 Å². The molecule has 148 valence electrons. The SMILES string of the molecule is Cc1ccc(C(=O)N2CCc3ccccc32)cc1S(=O)(=O)Nc1ccc(F)cc1. The third-order valence-corrected chi connectivity index (χ3v) is 6.48. The van der Waals surface area contributed by atoms with Crippen LogP contribution in [0.3, 0.4) is 0 Å². The van der Waals surface area contributed by atoms with Crippen LogP contribution < -0.4 is 9.62 Å². The van der Waals surface area contributed by atoms with Gasteiger partial charge in [-0.3, -0.25) is 9.52 Å². The fraction of sp³-hybridized carbons (Fsp3) is 0.136. The van der Waals surface area contributed by atoms with Crippen molar-refractivity contribution in [1.82, 2.24) is 0 Å². The lowest BCUT2D eigenvalue weighted by molar-refractivity contribution is 0.0989. The quantitative estimate of drug-likeness (QED) is 0.703. The van der Waals surface area contributed by atoms with Crippen molar-refractivity contribution < 1.29 is 17.6 Å². The zero-order valence-electron chi connectivity index (χ0n) is 15.7. The van der Waals surface area contributed by atoms with Gasteiger partial charge >= 0.3 is 0 Å². The van der Waals surface area contributed by atoms with E-state index in [0.717, 1.165) is 17.7 Å².